The van der Waals surface area contributed by atoms with Gasteiger partial charge >= 0.3 is 0 Å². The lowest BCUT2D eigenvalue weighted by atomic mass is 10.0. The molecule has 0 saturated carbocycles. The summed E-state index contributed by atoms with van der Waals surface area (Å²) in [4.78, 5) is 24.7. The van der Waals surface area contributed by atoms with Crippen LogP contribution < -0.4 is 20.1 Å². The number of ether oxygens (including phenoxy) is 2. The van der Waals surface area contributed by atoms with Crippen molar-refractivity contribution in [3.63, 3.8) is 0 Å². The Balaban J connectivity index is 1.30. The molecule has 0 radical (unpaired) electrons. The zero-order chi connectivity index (χ0) is 20.9. The Hall–Kier alpha value is -3.54. The molecule has 0 aliphatic carbocycles. The molecule has 30 heavy (non-hydrogen) atoms. The van der Waals surface area contributed by atoms with E-state index in [1.54, 1.807) is 0 Å². The van der Waals surface area contributed by atoms with E-state index in [1.165, 1.54) is 0 Å². The Bertz CT molecular complexity index is 1070. The molecular weight excluding hydrogens is 380 g/mol. The minimum absolute atomic E-state index is 0.0709. The van der Waals surface area contributed by atoms with Crippen molar-refractivity contribution in [2.24, 2.45) is 0 Å². The molecule has 3 aromatic carbocycles. The van der Waals surface area contributed by atoms with Gasteiger partial charge in [-0.2, -0.15) is 0 Å². The second-order valence-corrected chi connectivity index (χ2v) is 7.28. The van der Waals surface area contributed by atoms with Crippen LogP contribution >= 0.6 is 0 Å². The lowest BCUT2D eigenvalue weighted by Gasteiger charge is -2.21. The third kappa shape index (κ3) is 4.54. The molecule has 154 valence electrons. The molecule has 1 aliphatic heterocycles. The molecule has 0 fully saturated rings. The summed E-state index contributed by atoms with van der Waals surface area (Å²) in [6.07, 6.45) is 0.229. The zero-order valence-electron chi connectivity index (χ0n) is 16.8. The summed E-state index contributed by atoms with van der Waals surface area (Å²) in [6, 6.07) is 19.2. The molecule has 1 unspecified atom stereocenters. The van der Waals surface area contributed by atoms with E-state index in [2.05, 4.69) is 10.6 Å². The lowest BCUT2D eigenvalue weighted by Crippen LogP contribution is -2.38. The maximum absolute atomic E-state index is 12.4. The number of fused-ring (bicyclic) bond motifs is 2. The van der Waals surface area contributed by atoms with Crippen molar-refractivity contribution in [1.29, 1.82) is 0 Å². The average Bonchev–Trinajstić information content (AvgIpc) is 2.77. The first-order valence-corrected chi connectivity index (χ1v) is 10.0. The molecule has 3 aromatic rings. The smallest absolute Gasteiger partial charge is 0.239 e. The van der Waals surface area contributed by atoms with E-state index in [1.807, 2.05) is 67.6 Å². The van der Waals surface area contributed by atoms with Crippen molar-refractivity contribution < 1.29 is 19.1 Å². The normalized spacial score (nSPS) is 13.5. The van der Waals surface area contributed by atoms with Gasteiger partial charge in [-0.1, -0.05) is 48.5 Å². The van der Waals surface area contributed by atoms with Gasteiger partial charge in [-0.15, -0.1) is 0 Å². The highest BCUT2D eigenvalue weighted by atomic mass is 16.6. The Kier molecular flexibility index (Phi) is 5.84. The number of rotatable bonds is 6. The SMILES string of the molecule is CC(NC(=O)CNC(=O)Cc1cccc2ccccc12)c1ccc2c(c1)OCCO2. The molecule has 6 nitrogen and oxygen atoms in total. The summed E-state index contributed by atoms with van der Waals surface area (Å²) in [5, 5.41) is 7.75. The van der Waals surface area contributed by atoms with Gasteiger partial charge in [-0.05, 0) is 41.0 Å². The summed E-state index contributed by atoms with van der Waals surface area (Å²) in [6.45, 7) is 2.87. The van der Waals surface area contributed by atoms with Gasteiger partial charge < -0.3 is 20.1 Å². The maximum atomic E-state index is 12.4. The number of hydrogen-bond donors (Lipinski definition) is 2. The summed E-state index contributed by atoms with van der Waals surface area (Å²) in [5.41, 5.74) is 1.85. The number of benzene rings is 3. The molecule has 0 saturated heterocycles. The van der Waals surface area contributed by atoms with Gasteiger partial charge in [-0.3, -0.25) is 9.59 Å². The number of hydrogen-bond acceptors (Lipinski definition) is 4. The molecular formula is C24H24N2O4. The van der Waals surface area contributed by atoms with Crippen molar-refractivity contribution in [3.05, 3.63) is 71.8 Å². The molecule has 1 aliphatic rings. The van der Waals surface area contributed by atoms with Gasteiger partial charge in [0.25, 0.3) is 0 Å². The Labute approximate surface area is 175 Å². The first-order valence-electron chi connectivity index (χ1n) is 10.0. The molecule has 2 amide bonds. The van der Waals surface area contributed by atoms with Crippen LogP contribution in [-0.4, -0.2) is 31.6 Å². The van der Waals surface area contributed by atoms with E-state index in [4.69, 9.17) is 9.47 Å². The number of nitrogens with one attached hydrogen (secondary N) is 2. The highest BCUT2D eigenvalue weighted by Gasteiger charge is 2.16. The van der Waals surface area contributed by atoms with Gasteiger partial charge in [0, 0.05) is 0 Å². The first kappa shape index (κ1) is 19.8. The highest BCUT2D eigenvalue weighted by Crippen LogP contribution is 2.32. The van der Waals surface area contributed by atoms with Crippen molar-refractivity contribution in [2.75, 3.05) is 19.8 Å². The predicted molar refractivity (Wildman–Crippen MR) is 115 cm³/mol. The summed E-state index contributed by atoms with van der Waals surface area (Å²) < 4.78 is 11.1. The molecule has 0 bridgehead atoms. The van der Waals surface area contributed by atoms with Crippen LogP contribution in [0.4, 0.5) is 0 Å². The van der Waals surface area contributed by atoms with Crippen LogP contribution in [0.2, 0.25) is 0 Å². The van der Waals surface area contributed by atoms with Crippen LogP contribution in [0.3, 0.4) is 0 Å². The first-order chi connectivity index (χ1) is 14.6. The van der Waals surface area contributed by atoms with E-state index in [0.29, 0.717) is 24.7 Å². The summed E-state index contributed by atoms with van der Waals surface area (Å²) >= 11 is 0. The van der Waals surface area contributed by atoms with Crippen molar-refractivity contribution >= 4 is 22.6 Å². The largest absolute Gasteiger partial charge is 0.486 e. The third-order valence-corrected chi connectivity index (χ3v) is 5.12. The van der Waals surface area contributed by atoms with Crippen molar-refractivity contribution in [1.82, 2.24) is 10.6 Å². The fourth-order valence-corrected chi connectivity index (χ4v) is 3.57. The quantitative estimate of drug-likeness (QED) is 0.662. The molecule has 4 rings (SSSR count). The zero-order valence-corrected chi connectivity index (χ0v) is 16.8. The van der Waals surface area contributed by atoms with Crippen LogP contribution in [0.25, 0.3) is 10.8 Å². The topological polar surface area (TPSA) is 76.7 Å². The van der Waals surface area contributed by atoms with Crippen LogP contribution in [0.1, 0.15) is 24.1 Å². The molecule has 0 spiro atoms. The van der Waals surface area contributed by atoms with Crippen LogP contribution in [0.5, 0.6) is 11.5 Å². The van der Waals surface area contributed by atoms with E-state index < -0.39 is 0 Å². The second-order valence-electron chi connectivity index (χ2n) is 7.28. The van der Waals surface area contributed by atoms with Gasteiger partial charge in [0.05, 0.1) is 19.0 Å². The Morgan fingerprint density at radius 2 is 1.70 bits per heavy atom. The Morgan fingerprint density at radius 3 is 2.57 bits per heavy atom. The summed E-state index contributed by atoms with van der Waals surface area (Å²) in [7, 11) is 0. The number of carbonyl (C=O) groups excluding carboxylic acids is 2. The Morgan fingerprint density at radius 1 is 0.933 bits per heavy atom. The highest BCUT2D eigenvalue weighted by molar-refractivity contribution is 5.91. The maximum Gasteiger partial charge on any atom is 0.239 e. The van der Waals surface area contributed by atoms with E-state index >= 15 is 0 Å². The van der Waals surface area contributed by atoms with Gasteiger partial charge in [-0.25, -0.2) is 0 Å². The van der Waals surface area contributed by atoms with Crippen molar-refractivity contribution in [3.8, 4) is 11.5 Å². The van der Waals surface area contributed by atoms with E-state index in [-0.39, 0.29) is 30.8 Å². The number of carbonyl (C=O) groups is 2. The lowest BCUT2D eigenvalue weighted by molar-refractivity contribution is -0.126. The predicted octanol–water partition coefficient (Wildman–Crippen LogP) is 3.15. The van der Waals surface area contributed by atoms with Gasteiger partial charge in [0.2, 0.25) is 11.8 Å². The minimum Gasteiger partial charge on any atom is -0.486 e. The molecule has 6 heteroatoms. The molecule has 1 heterocycles. The molecule has 0 aromatic heterocycles. The summed E-state index contributed by atoms with van der Waals surface area (Å²) in [5.74, 6) is 0.963. The fourth-order valence-electron chi connectivity index (χ4n) is 3.57. The standard InChI is InChI=1S/C24H24N2O4/c1-16(18-9-10-21-22(13-18)30-12-11-29-21)26-24(28)15-25-23(27)14-19-7-4-6-17-5-2-3-8-20(17)19/h2-10,13,16H,11-12,14-15H2,1H3,(H,25,27)(H,26,28). The second kappa shape index (κ2) is 8.86. The van der Waals surface area contributed by atoms with E-state index in [9.17, 15) is 9.59 Å². The van der Waals surface area contributed by atoms with Crippen LogP contribution in [0, 0.1) is 0 Å². The molecule has 2 N–H and O–H groups in total. The molecule has 1 atom stereocenters. The van der Waals surface area contributed by atoms with Crippen LogP contribution in [0.15, 0.2) is 60.7 Å². The van der Waals surface area contributed by atoms with Crippen LogP contribution in [-0.2, 0) is 16.0 Å². The third-order valence-electron chi connectivity index (χ3n) is 5.12. The monoisotopic (exact) mass is 404 g/mol. The van der Waals surface area contributed by atoms with Gasteiger partial charge in [0.1, 0.15) is 13.2 Å². The number of amides is 2. The fraction of sp³-hybridized carbons (Fsp3) is 0.250. The van der Waals surface area contributed by atoms with Gasteiger partial charge in [0.15, 0.2) is 11.5 Å². The van der Waals surface area contributed by atoms with Crippen molar-refractivity contribution in [2.45, 2.75) is 19.4 Å². The van der Waals surface area contributed by atoms with E-state index in [0.717, 1.165) is 21.9 Å². The average molecular weight is 404 g/mol. The minimum atomic E-state index is -0.247.